The highest BCUT2D eigenvalue weighted by molar-refractivity contribution is 5.94. The first kappa shape index (κ1) is 11.9. The van der Waals surface area contributed by atoms with E-state index in [9.17, 15) is 9.59 Å². The predicted octanol–water partition coefficient (Wildman–Crippen LogP) is -1.01. The molecule has 6 nitrogen and oxygen atoms in total. The maximum Gasteiger partial charge on any atom is 0.318 e. The number of amides is 3. The first-order chi connectivity index (χ1) is 7.13. The summed E-state index contributed by atoms with van der Waals surface area (Å²) in [5.74, 6) is -0.358. The number of carbonyl (C=O) groups is 2. The van der Waals surface area contributed by atoms with Gasteiger partial charge in [-0.1, -0.05) is 6.42 Å². The minimum absolute atomic E-state index is 0.199. The monoisotopic (exact) mass is 214 g/mol. The van der Waals surface area contributed by atoms with Crippen LogP contribution in [0.5, 0.6) is 0 Å². The molecule has 0 aliphatic heterocycles. The fourth-order valence-corrected chi connectivity index (χ4v) is 1.67. The van der Waals surface area contributed by atoms with E-state index in [0.29, 0.717) is 19.1 Å². The predicted molar refractivity (Wildman–Crippen MR) is 56.0 cm³/mol. The van der Waals surface area contributed by atoms with Crippen LogP contribution in [-0.4, -0.2) is 42.5 Å². The molecular formula is C9H18N4O2. The lowest BCUT2D eigenvalue weighted by Crippen LogP contribution is -2.49. The molecular weight excluding hydrogens is 196 g/mol. The number of nitrogens with two attached hydrogens (primary N) is 2. The summed E-state index contributed by atoms with van der Waals surface area (Å²) in [6.45, 7) is 1.39. The molecule has 0 bridgehead atoms. The third kappa shape index (κ3) is 3.85. The highest BCUT2D eigenvalue weighted by Crippen LogP contribution is 2.23. The summed E-state index contributed by atoms with van der Waals surface area (Å²) in [5.41, 5.74) is 10.3. The van der Waals surface area contributed by atoms with E-state index in [-0.39, 0.29) is 12.5 Å². The fraction of sp³-hybridized carbons (Fsp3) is 0.778. The second kappa shape index (κ2) is 5.67. The normalized spacial score (nSPS) is 16.1. The van der Waals surface area contributed by atoms with Crippen molar-refractivity contribution >= 4 is 11.9 Å². The van der Waals surface area contributed by atoms with Crippen molar-refractivity contribution < 1.29 is 9.59 Å². The van der Waals surface area contributed by atoms with E-state index in [2.05, 4.69) is 5.32 Å². The topological polar surface area (TPSA) is 101 Å². The summed E-state index contributed by atoms with van der Waals surface area (Å²) in [5, 5.41) is 2.05. The van der Waals surface area contributed by atoms with Gasteiger partial charge in [-0.25, -0.2) is 4.79 Å². The average molecular weight is 214 g/mol. The minimum Gasteiger partial charge on any atom is -0.351 e. The van der Waals surface area contributed by atoms with E-state index in [0.717, 1.165) is 12.8 Å². The largest absolute Gasteiger partial charge is 0.351 e. The highest BCUT2D eigenvalue weighted by Gasteiger charge is 2.25. The molecule has 1 fully saturated rings. The van der Waals surface area contributed by atoms with Crippen molar-refractivity contribution in [2.75, 3.05) is 19.6 Å². The van der Waals surface area contributed by atoms with Gasteiger partial charge in [-0.2, -0.15) is 0 Å². The van der Waals surface area contributed by atoms with Gasteiger partial charge in [-0.05, 0) is 12.8 Å². The quantitative estimate of drug-likeness (QED) is 0.546. The van der Waals surface area contributed by atoms with Gasteiger partial charge in [0.2, 0.25) is 5.91 Å². The third-order valence-corrected chi connectivity index (χ3v) is 2.62. The Labute approximate surface area is 89.0 Å². The standard InChI is InChI=1S/C9H18N4O2/c10-4-5-13(7-2-1-3-7)6-8(14)12-9(11)15/h7H,1-6,10H2,(H3,11,12,14,15). The molecule has 1 rings (SSSR count). The second-order valence-electron chi connectivity index (χ2n) is 3.76. The molecule has 0 heterocycles. The number of rotatable bonds is 5. The van der Waals surface area contributed by atoms with E-state index in [1.807, 2.05) is 4.90 Å². The van der Waals surface area contributed by atoms with Gasteiger partial charge < -0.3 is 11.5 Å². The average Bonchev–Trinajstić information content (AvgIpc) is 1.98. The number of primary amides is 1. The molecule has 86 valence electrons. The van der Waals surface area contributed by atoms with Crippen molar-refractivity contribution in [3.8, 4) is 0 Å². The zero-order valence-electron chi connectivity index (χ0n) is 8.74. The molecule has 1 saturated carbocycles. The summed E-state index contributed by atoms with van der Waals surface area (Å²) in [6.07, 6.45) is 3.40. The van der Waals surface area contributed by atoms with Gasteiger partial charge in [0, 0.05) is 19.1 Å². The Bertz CT molecular complexity index is 240. The van der Waals surface area contributed by atoms with E-state index < -0.39 is 6.03 Å². The molecule has 0 aromatic rings. The van der Waals surface area contributed by atoms with Crippen LogP contribution in [0.1, 0.15) is 19.3 Å². The Morgan fingerprint density at radius 3 is 2.47 bits per heavy atom. The van der Waals surface area contributed by atoms with Crippen molar-refractivity contribution in [1.29, 1.82) is 0 Å². The van der Waals surface area contributed by atoms with Gasteiger partial charge in [-0.15, -0.1) is 0 Å². The van der Waals surface area contributed by atoms with Gasteiger partial charge >= 0.3 is 6.03 Å². The zero-order valence-corrected chi connectivity index (χ0v) is 8.74. The number of hydrogen-bond acceptors (Lipinski definition) is 4. The maximum absolute atomic E-state index is 11.3. The van der Waals surface area contributed by atoms with Crippen LogP contribution in [0.15, 0.2) is 0 Å². The van der Waals surface area contributed by atoms with Crippen LogP contribution in [-0.2, 0) is 4.79 Å². The molecule has 0 unspecified atom stereocenters. The van der Waals surface area contributed by atoms with Gasteiger partial charge in [0.25, 0.3) is 0 Å². The number of hydrogen-bond donors (Lipinski definition) is 3. The van der Waals surface area contributed by atoms with E-state index in [1.165, 1.54) is 6.42 Å². The summed E-state index contributed by atoms with van der Waals surface area (Å²) < 4.78 is 0. The Morgan fingerprint density at radius 1 is 1.40 bits per heavy atom. The number of carbonyl (C=O) groups excluding carboxylic acids is 2. The van der Waals surface area contributed by atoms with Crippen LogP contribution in [0.2, 0.25) is 0 Å². The number of nitrogens with zero attached hydrogens (tertiary/aromatic N) is 1. The summed E-state index contributed by atoms with van der Waals surface area (Å²) in [6, 6.07) is -0.367. The van der Waals surface area contributed by atoms with Crippen LogP contribution in [0.4, 0.5) is 4.79 Å². The minimum atomic E-state index is -0.804. The molecule has 0 spiro atoms. The van der Waals surface area contributed by atoms with Crippen molar-refractivity contribution in [2.45, 2.75) is 25.3 Å². The van der Waals surface area contributed by atoms with Gasteiger partial charge in [-0.3, -0.25) is 15.0 Å². The highest BCUT2D eigenvalue weighted by atomic mass is 16.2. The molecule has 3 amide bonds. The first-order valence-corrected chi connectivity index (χ1v) is 5.17. The molecule has 5 N–H and O–H groups in total. The first-order valence-electron chi connectivity index (χ1n) is 5.17. The lowest BCUT2D eigenvalue weighted by molar-refractivity contribution is -0.122. The third-order valence-electron chi connectivity index (χ3n) is 2.62. The molecule has 0 saturated heterocycles. The molecule has 0 radical (unpaired) electrons. The summed E-state index contributed by atoms with van der Waals surface area (Å²) in [7, 11) is 0. The second-order valence-corrected chi connectivity index (χ2v) is 3.76. The molecule has 0 atom stereocenters. The molecule has 6 heteroatoms. The molecule has 15 heavy (non-hydrogen) atoms. The van der Waals surface area contributed by atoms with Gasteiger partial charge in [0.15, 0.2) is 0 Å². The molecule has 0 aromatic heterocycles. The Balaban J connectivity index is 2.35. The summed E-state index contributed by atoms with van der Waals surface area (Å²) >= 11 is 0. The van der Waals surface area contributed by atoms with Crippen LogP contribution in [0.3, 0.4) is 0 Å². The molecule has 0 aromatic carbocycles. The van der Waals surface area contributed by atoms with Crippen molar-refractivity contribution in [1.82, 2.24) is 10.2 Å². The van der Waals surface area contributed by atoms with Gasteiger partial charge in [0.1, 0.15) is 0 Å². The van der Waals surface area contributed by atoms with E-state index in [1.54, 1.807) is 0 Å². The van der Waals surface area contributed by atoms with E-state index in [4.69, 9.17) is 11.5 Å². The maximum atomic E-state index is 11.3. The number of nitrogens with one attached hydrogen (secondary N) is 1. The van der Waals surface area contributed by atoms with Crippen molar-refractivity contribution in [3.05, 3.63) is 0 Å². The Morgan fingerprint density at radius 2 is 2.07 bits per heavy atom. The molecule has 1 aliphatic carbocycles. The SMILES string of the molecule is NCCN(CC(=O)NC(N)=O)C1CCC1. The zero-order chi connectivity index (χ0) is 11.3. The van der Waals surface area contributed by atoms with E-state index >= 15 is 0 Å². The van der Waals surface area contributed by atoms with Gasteiger partial charge in [0.05, 0.1) is 6.54 Å². The fourth-order valence-electron chi connectivity index (χ4n) is 1.67. The Hall–Kier alpha value is -1.14. The van der Waals surface area contributed by atoms with Crippen LogP contribution < -0.4 is 16.8 Å². The van der Waals surface area contributed by atoms with Crippen LogP contribution in [0, 0.1) is 0 Å². The Kier molecular flexibility index (Phi) is 4.51. The molecule has 1 aliphatic rings. The van der Waals surface area contributed by atoms with Crippen LogP contribution >= 0.6 is 0 Å². The number of urea groups is 1. The van der Waals surface area contributed by atoms with Crippen molar-refractivity contribution in [3.63, 3.8) is 0 Å². The number of imide groups is 1. The lowest BCUT2D eigenvalue weighted by atomic mass is 9.91. The van der Waals surface area contributed by atoms with Crippen LogP contribution in [0.25, 0.3) is 0 Å². The van der Waals surface area contributed by atoms with Crippen molar-refractivity contribution in [2.24, 2.45) is 11.5 Å². The smallest absolute Gasteiger partial charge is 0.318 e. The lowest BCUT2D eigenvalue weighted by Gasteiger charge is -2.36. The summed E-state index contributed by atoms with van der Waals surface area (Å²) in [4.78, 5) is 23.7.